The van der Waals surface area contributed by atoms with Crippen LogP contribution in [0, 0.1) is 17.6 Å². The van der Waals surface area contributed by atoms with Crippen LogP contribution in [0.3, 0.4) is 0 Å². The van der Waals surface area contributed by atoms with Gasteiger partial charge in [0.1, 0.15) is 11.6 Å². The third kappa shape index (κ3) is 3.69. The summed E-state index contributed by atoms with van der Waals surface area (Å²) in [6, 6.07) is 1.74. The maximum absolute atomic E-state index is 13.3. The molecule has 0 saturated carbocycles. The molecule has 17 heavy (non-hydrogen) atoms. The van der Waals surface area contributed by atoms with Crippen LogP contribution in [0.1, 0.15) is 26.7 Å². The largest absolute Gasteiger partial charge is 0.396 e. The van der Waals surface area contributed by atoms with Crippen molar-refractivity contribution in [2.45, 2.75) is 26.7 Å². The topological polar surface area (TPSA) is 55.1 Å². The van der Waals surface area contributed by atoms with Gasteiger partial charge >= 0.3 is 0 Å². The van der Waals surface area contributed by atoms with Crippen LogP contribution in [-0.4, -0.2) is 5.91 Å². The summed E-state index contributed by atoms with van der Waals surface area (Å²) in [5, 5.41) is 2.38. The Morgan fingerprint density at radius 2 is 2.06 bits per heavy atom. The van der Waals surface area contributed by atoms with Crippen LogP contribution in [0.5, 0.6) is 0 Å². The first-order valence-electron chi connectivity index (χ1n) is 5.48. The van der Waals surface area contributed by atoms with E-state index in [1.807, 2.05) is 13.8 Å². The van der Waals surface area contributed by atoms with Crippen molar-refractivity contribution in [3.63, 3.8) is 0 Å². The molecular weight excluding hydrogens is 226 g/mol. The van der Waals surface area contributed by atoms with Crippen molar-refractivity contribution in [1.82, 2.24) is 0 Å². The van der Waals surface area contributed by atoms with E-state index in [2.05, 4.69) is 5.32 Å². The molecule has 1 atom stereocenters. The number of benzene rings is 1. The second kappa shape index (κ2) is 5.61. The summed E-state index contributed by atoms with van der Waals surface area (Å²) in [6.45, 7) is 3.89. The van der Waals surface area contributed by atoms with Gasteiger partial charge in [0, 0.05) is 12.5 Å². The smallest absolute Gasteiger partial charge is 0.224 e. The second-order valence-electron chi connectivity index (χ2n) is 4.12. The van der Waals surface area contributed by atoms with Gasteiger partial charge in [0.05, 0.1) is 11.4 Å². The Kier molecular flexibility index (Phi) is 4.43. The highest BCUT2D eigenvalue weighted by Gasteiger charge is 2.12. The highest BCUT2D eigenvalue weighted by Crippen LogP contribution is 2.21. The van der Waals surface area contributed by atoms with Crippen LogP contribution in [-0.2, 0) is 4.79 Å². The molecule has 0 saturated heterocycles. The zero-order chi connectivity index (χ0) is 13.0. The number of nitrogen functional groups attached to an aromatic ring is 1. The lowest BCUT2D eigenvalue weighted by atomic mass is 10.1. The number of nitrogens with one attached hydrogen (secondary N) is 1. The minimum Gasteiger partial charge on any atom is -0.396 e. The van der Waals surface area contributed by atoms with Gasteiger partial charge in [-0.3, -0.25) is 4.79 Å². The Morgan fingerprint density at radius 1 is 1.41 bits per heavy atom. The van der Waals surface area contributed by atoms with Gasteiger partial charge in [0.15, 0.2) is 0 Å². The van der Waals surface area contributed by atoms with Gasteiger partial charge in [-0.15, -0.1) is 0 Å². The van der Waals surface area contributed by atoms with Crippen molar-refractivity contribution in [3.05, 3.63) is 23.8 Å². The van der Waals surface area contributed by atoms with Crippen molar-refractivity contribution < 1.29 is 13.6 Å². The van der Waals surface area contributed by atoms with Gasteiger partial charge in [0.25, 0.3) is 0 Å². The summed E-state index contributed by atoms with van der Waals surface area (Å²) in [5.74, 6) is -1.74. The van der Waals surface area contributed by atoms with Crippen molar-refractivity contribution in [2.24, 2.45) is 5.92 Å². The molecule has 1 amide bonds. The quantitative estimate of drug-likeness (QED) is 0.797. The number of carbonyl (C=O) groups excluding carboxylic acids is 1. The molecular formula is C12H16F2N2O. The zero-order valence-corrected chi connectivity index (χ0v) is 9.89. The predicted octanol–water partition coefficient (Wildman–Crippen LogP) is 2.92. The summed E-state index contributed by atoms with van der Waals surface area (Å²) in [7, 11) is 0. The first-order chi connectivity index (χ1) is 7.93. The third-order valence-electron chi connectivity index (χ3n) is 2.59. The van der Waals surface area contributed by atoms with Crippen molar-refractivity contribution in [1.29, 1.82) is 0 Å². The number of hydrogen-bond acceptors (Lipinski definition) is 2. The van der Waals surface area contributed by atoms with Crippen LogP contribution < -0.4 is 11.1 Å². The van der Waals surface area contributed by atoms with Crippen LogP contribution in [0.4, 0.5) is 20.2 Å². The van der Waals surface area contributed by atoms with Crippen molar-refractivity contribution in [2.75, 3.05) is 11.1 Å². The first kappa shape index (κ1) is 13.4. The number of carbonyl (C=O) groups is 1. The van der Waals surface area contributed by atoms with E-state index in [-0.39, 0.29) is 23.2 Å². The Morgan fingerprint density at radius 3 is 2.65 bits per heavy atom. The molecule has 0 spiro atoms. The molecule has 1 aromatic rings. The molecule has 1 unspecified atom stereocenters. The van der Waals surface area contributed by atoms with Crippen LogP contribution in [0.15, 0.2) is 12.1 Å². The van der Waals surface area contributed by atoms with Crippen LogP contribution >= 0.6 is 0 Å². The molecule has 5 heteroatoms. The van der Waals surface area contributed by atoms with E-state index in [0.717, 1.165) is 12.5 Å². The highest BCUT2D eigenvalue weighted by atomic mass is 19.1. The summed E-state index contributed by atoms with van der Waals surface area (Å²) in [4.78, 5) is 11.5. The summed E-state index contributed by atoms with van der Waals surface area (Å²) < 4.78 is 26.2. The fourth-order valence-corrected chi connectivity index (χ4v) is 1.32. The minimum atomic E-state index is -0.831. The third-order valence-corrected chi connectivity index (χ3v) is 2.59. The number of anilines is 2. The Hall–Kier alpha value is -1.65. The number of halogens is 2. The van der Waals surface area contributed by atoms with Gasteiger partial charge in [-0.05, 0) is 12.0 Å². The Labute approximate surface area is 99.0 Å². The molecule has 0 bridgehead atoms. The van der Waals surface area contributed by atoms with Gasteiger partial charge in [-0.25, -0.2) is 8.78 Å². The van der Waals surface area contributed by atoms with Gasteiger partial charge in [0.2, 0.25) is 5.91 Å². The molecule has 0 heterocycles. The average molecular weight is 242 g/mol. The molecule has 0 aromatic heterocycles. The monoisotopic (exact) mass is 242 g/mol. The van der Waals surface area contributed by atoms with Crippen LogP contribution in [0.2, 0.25) is 0 Å². The molecule has 0 fully saturated rings. The predicted molar refractivity (Wildman–Crippen MR) is 63.5 cm³/mol. The van der Waals surface area contributed by atoms with E-state index in [4.69, 9.17) is 5.73 Å². The van der Waals surface area contributed by atoms with E-state index in [0.29, 0.717) is 12.5 Å². The summed E-state index contributed by atoms with van der Waals surface area (Å²) in [5.41, 5.74) is 5.02. The van der Waals surface area contributed by atoms with E-state index in [1.54, 1.807) is 0 Å². The van der Waals surface area contributed by atoms with Crippen molar-refractivity contribution >= 4 is 17.3 Å². The number of rotatable bonds is 4. The molecule has 1 aromatic carbocycles. The molecule has 0 radical (unpaired) electrons. The van der Waals surface area contributed by atoms with Crippen molar-refractivity contribution in [3.8, 4) is 0 Å². The van der Waals surface area contributed by atoms with E-state index < -0.39 is 11.6 Å². The van der Waals surface area contributed by atoms with E-state index >= 15 is 0 Å². The SMILES string of the molecule is CCC(C)CC(=O)Nc1cc(N)c(F)cc1F. The van der Waals surface area contributed by atoms with Gasteiger partial charge in [-0.2, -0.15) is 0 Å². The fraction of sp³-hybridized carbons (Fsp3) is 0.417. The molecule has 0 aliphatic carbocycles. The molecule has 0 aliphatic rings. The van der Waals surface area contributed by atoms with Gasteiger partial charge < -0.3 is 11.1 Å². The molecule has 3 N–H and O–H groups in total. The lowest BCUT2D eigenvalue weighted by Crippen LogP contribution is -2.16. The lowest BCUT2D eigenvalue weighted by molar-refractivity contribution is -0.117. The number of hydrogen-bond donors (Lipinski definition) is 2. The average Bonchev–Trinajstić information content (AvgIpc) is 2.25. The molecule has 94 valence electrons. The standard InChI is InChI=1S/C12H16F2N2O/c1-3-7(2)4-12(17)16-11-6-10(15)8(13)5-9(11)14/h5-7H,3-4,15H2,1-2H3,(H,16,17). The van der Waals surface area contributed by atoms with E-state index in [9.17, 15) is 13.6 Å². The maximum atomic E-state index is 13.3. The summed E-state index contributed by atoms with van der Waals surface area (Å²) >= 11 is 0. The lowest BCUT2D eigenvalue weighted by Gasteiger charge is -2.10. The van der Waals surface area contributed by atoms with Crippen LogP contribution in [0.25, 0.3) is 0 Å². The molecule has 1 rings (SSSR count). The maximum Gasteiger partial charge on any atom is 0.224 e. The second-order valence-corrected chi connectivity index (χ2v) is 4.12. The first-order valence-corrected chi connectivity index (χ1v) is 5.48. The van der Waals surface area contributed by atoms with Gasteiger partial charge in [-0.1, -0.05) is 20.3 Å². The zero-order valence-electron chi connectivity index (χ0n) is 9.89. The Balaban J connectivity index is 2.75. The number of amides is 1. The van der Waals surface area contributed by atoms with E-state index in [1.165, 1.54) is 0 Å². The summed E-state index contributed by atoms with van der Waals surface area (Å²) in [6.07, 6.45) is 1.16. The molecule has 3 nitrogen and oxygen atoms in total. The normalized spacial score (nSPS) is 12.2. The minimum absolute atomic E-state index is 0.0859. The highest BCUT2D eigenvalue weighted by molar-refractivity contribution is 5.91. The Bertz CT molecular complexity index is 421. The molecule has 0 aliphatic heterocycles. The fourth-order valence-electron chi connectivity index (χ4n) is 1.32. The number of nitrogens with two attached hydrogens (primary N) is 1.